The second-order valence-electron chi connectivity index (χ2n) is 5.98. The van der Waals surface area contributed by atoms with E-state index in [2.05, 4.69) is 12.2 Å². The lowest BCUT2D eigenvalue weighted by atomic mass is 9.83. The standard InChI is InChI=1S/C16H24N2O2/c1-3-16(9-4-5-10-16)12-17-11-14-7-6-8-15(13(14)2)18(19)20/h6-8,17H,3-5,9-12H2,1-2H3. The quantitative estimate of drug-likeness (QED) is 0.632. The van der Waals surface area contributed by atoms with Gasteiger partial charge in [-0.2, -0.15) is 0 Å². The summed E-state index contributed by atoms with van der Waals surface area (Å²) in [6.45, 7) is 5.84. The zero-order valence-electron chi connectivity index (χ0n) is 12.4. The molecule has 1 aliphatic rings. The Balaban J connectivity index is 1.97. The van der Waals surface area contributed by atoms with Crippen molar-refractivity contribution in [1.82, 2.24) is 5.32 Å². The predicted molar refractivity (Wildman–Crippen MR) is 80.7 cm³/mol. The Labute approximate surface area is 120 Å². The normalized spacial score (nSPS) is 17.3. The maximum absolute atomic E-state index is 10.9. The topological polar surface area (TPSA) is 55.2 Å². The van der Waals surface area contributed by atoms with E-state index in [0.29, 0.717) is 5.41 Å². The molecule has 1 fully saturated rings. The molecule has 0 aromatic heterocycles. The van der Waals surface area contributed by atoms with Crippen molar-refractivity contribution in [1.29, 1.82) is 0 Å². The SMILES string of the molecule is CCC1(CNCc2cccc([N+](=O)[O-])c2C)CCCC1. The molecule has 0 spiro atoms. The van der Waals surface area contributed by atoms with Crippen LogP contribution in [-0.2, 0) is 6.54 Å². The molecule has 110 valence electrons. The van der Waals surface area contributed by atoms with Crippen LogP contribution in [0.2, 0.25) is 0 Å². The number of benzene rings is 1. The van der Waals surface area contributed by atoms with E-state index in [0.717, 1.165) is 24.2 Å². The third kappa shape index (κ3) is 3.18. The van der Waals surface area contributed by atoms with Gasteiger partial charge < -0.3 is 5.32 Å². The van der Waals surface area contributed by atoms with Gasteiger partial charge in [0.25, 0.3) is 5.69 Å². The molecule has 1 N–H and O–H groups in total. The van der Waals surface area contributed by atoms with Gasteiger partial charge in [-0.25, -0.2) is 0 Å². The third-order valence-electron chi connectivity index (χ3n) is 4.84. The van der Waals surface area contributed by atoms with Gasteiger partial charge in [0.15, 0.2) is 0 Å². The minimum atomic E-state index is -0.302. The molecule has 1 aromatic carbocycles. The van der Waals surface area contributed by atoms with E-state index in [1.807, 2.05) is 13.0 Å². The maximum Gasteiger partial charge on any atom is 0.272 e. The fourth-order valence-corrected chi connectivity index (χ4v) is 3.30. The van der Waals surface area contributed by atoms with Crippen molar-refractivity contribution in [3.05, 3.63) is 39.4 Å². The molecule has 1 aliphatic carbocycles. The highest BCUT2D eigenvalue weighted by molar-refractivity contribution is 5.44. The van der Waals surface area contributed by atoms with Crippen molar-refractivity contribution in [3.8, 4) is 0 Å². The maximum atomic E-state index is 10.9. The van der Waals surface area contributed by atoms with Crippen molar-refractivity contribution in [2.24, 2.45) is 5.41 Å². The fraction of sp³-hybridized carbons (Fsp3) is 0.625. The van der Waals surface area contributed by atoms with Gasteiger partial charge in [-0.3, -0.25) is 10.1 Å². The second-order valence-corrected chi connectivity index (χ2v) is 5.98. The molecule has 1 saturated carbocycles. The van der Waals surface area contributed by atoms with Crippen LogP contribution in [0.5, 0.6) is 0 Å². The summed E-state index contributed by atoms with van der Waals surface area (Å²) in [4.78, 5) is 10.6. The van der Waals surface area contributed by atoms with Crippen molar-refractivity contribution in [3.63, 3.8) is 0 Å². The van der Waals surface area contributed by atoms with Crippen LogP contribution in [0, 0.1) is 22.5 Å². The van der Waals surface area contributed by atoms with Gasteiger partial charge >= 0.3 is 0 Å². The Kier molecular flexibility index (Phi) is 4.76. The Hall–Kier alpha value is -1.42. The number of nitro benzene ring substituents is 1. The zero-order valence-corrected chi connectivity index (χ0v) is 12.4. The molecule has 20 heavy (non-hydrogen) atoms. The minimum absolute atomic E-state index is 0.218. The first kappa shape index (κ1) is 15.0. The van der Waals surface area contributed by atoms with Gasteiger partial charge in [0.05, 0.1) is 4.92 Å². The third-order valence-corrected chi connectivity index (χ3v) is 4.84. The summed E-state index contributed by atoms with van der Waals surface area (Å²) >= 11 is 0. The molecule has 0 saturated heterocycles. The van der Waals surface area contributed by atoms with Crippen LogP contribution < -0.4 is 5.32 Å². The van der Waals surface area contributed by atoms with E-state index in [9.17, 15) is 10.1 Å². The van der Waals surface area contributed by atoms with Gasteiger partial charge in [-0.1, -0.05) is 31.9 Å². The van der Waals surface area contributed by atoms with Gasteiger partial charge in [0.2, 0.25) is 0 Å². The molecule has 4 heteroatoms. The van der Waals surface area contributed by atoms with E-state index in [-0.39, 0.29) is 10.6 Å². The highest BCUT2D eigenvalue weighted by Crippen LogP contribution is 2.40. The lowest BCUT2D eigenvalue weighted by Crippen LogP contribution is -2.31. The Morgan fingerprint density at radius 2 is 2.05 bits per heavy atom. The van der Waals surface area contributed by atoms with E-state index >= 15 is 0 Å². The van der Waals surface area contributed by atoms with E-state index in [4.69, 9.17) is 0 Å². The average Bonchev–Trinajstić information content (AvgIpc) is 2.90. The summed E-state index contributed by atoms with van der Waals surface area (Å²) < 4.78 is 0. The Morgan fingerprint density at radius 1 is 1.35 bits per heavy atom. The molecule has 0 unspecified atom stereocenters. The van der Waals surface area contributed by atoms with Gasteiger partial charge in [-0.15, -0.1) is 0 Å². The van der Waals surface area contributed by atoms with Crippen LogP contribution in [0.15, 0.2) is 18.2 Å². The highest BCUT2D eigenvalue weighted by atomic mass is 16.6. The van der Waals surface area contributed by atoms with Crippen molar-refractivity contribution in [2.75, 3.05) is 6.54 Å². The predicted octanol–water partition coefficient (Wildman–Crippen LogP) is 3.96. The zero-order chi connectivity index (χ0) is 14.6. The molecular weight excluding hydrogens is 252 g/mol. The molecule has 0 heterocycles. The van der Waals surface area contributed by atoms with Crippen molar-refractivity contribution in [2.45, 2.75) is 52.5 Å². The lowest BCUT2D eigenvalue weighted by Gasteiger charge is -2.28. The lowest BCUT2D eigenvalue weighted by molar-refractivity contribution is -0.385. The van der Waals surface area contributed by atoms with Crippen LogP contribution in [0.1, 0.15) is 50.2 Å². The number of hydrogen-bond acceptors (Lipinski definition) is 3. The first-order valence-corrected chi connectivity index (χ1v) is 7.51. The molecule has 0 aliphatic heterocycles. The van der Waals surface area contributed by atoms with Gasteiger partial charge in [0, 0.05) is 24.7 Å². The van der Waals surface area contributed by atoms with Crippen molar-refractivity contribution >= 4 is 5.69 Å². The number of rotatable bonds is 6. The van der Waals surface area contributed by atoms with E-state index < -0.39 is 0 Å². The van der Waals surface area contributed by atoms with E-state index in [1.165, 1.54) is 32.1 Å². The number of nitrogens with zero attached hydrogens (tertiary/aromatic N) is 1. The summed E-state index contributed by atoms with van der Waals surface area (Å²) in [6.07, 6.45) is 6.51. The van der Waals surface area contributed by atoms with Crippen LogP contribution >= 0.6 is 0 Å². The highest BCUT2D eigenvalue weighted by Gasteiger charge is 2.31. The first-order valence-electron chi connectivity index (χ1n) is 7.51. The molecule has 4 nitrogen and oxygen atoms in total. The number of nitro groups is 1. The molecule has 0 amide bonds. The monoisotopic (exact) mass is 276 g/mol. The molecule has 2 rings (SSSR count). The van der Waals surface area contributed by atoms with Crippen LogP contribution in [0.25, 0.3) is 0 Å². The van der Waals surface area contributed by atoms with Gasteiger partial charge in [-0.05, 0) is 37.2 Å². The fourth-order valence-electron chi connectivity index (χ4n) is 3.30. The molecule has 1 aromatic rings. The summed E-state index contributed by atoms with van der Waals surface area (Å²) in [7, 11) is 0. The Morgan fingerprint density at radius 3 is 2.65 bits per heavy atom. The summed E-state index contributed by atoms with van der Waals surface area (Å²) in [5.41, 5.74) is 2.48. The minimum Gasteiger partial charge on any atom is -0.312 e. The average molecular weight is 276 g/mol. The number of hydrogen-bond donors (Lipinski definition) is 1. The summed E-state index contributed by atoms with van der Waals surface area (Å²) in [5.74, 6) is 0. The van der Waals surface area contributed by atoms with Crippen molar-refractivity contribution < 1.29 is 4.92 Å². The first-order chi connectivity index (χ1) is 9.58. The van der Waals surface area contributed by atoms with Crippen LogP contribution in [-0.4, -0.2) is 11.5 Å². The Bertz CT molecular complexity index is 479. The van der Waals surface area contributed by atoms with E-state index in [1.54, 1.807) is 12.1 Å². The molecule has 0 bridgehead atoms. The van der Waals surface area contributed by atoms with Crippen LogP contribution in [0.4, 0.5) is 5.69 Å². The summed E-state index contributed by atoms with van der Waals surface area (Å²) in [5, 5.41) is 14.5. The molecule has 0 atom stereocenters. The number of nitrogens with one attached hydrogen (secondary N) is 1. The van der Waals surface area contributed by atoms with Gasteiger partial charge in [0.1, 0.15) is 0 Å². The largest absolute Gasteiger partial charge is 0.312 e. The smallest absolute Gasteiger partial charge is 0.272 e. The molecule has 0 radical (unpaired) electrons. The molecular formula is C16H24N2O2. The summed E-state index contributed by atoms with van der Waals surface area (Å²) in [6, 6.07) is 5.32. The second kappa shape index (κ2) is 6.35. The van der Waals surface area contributed by atoms with Crippen LogP contribution in [0.3, 0.4) is 0 Å².